The number of piperidine rings is 1. The monoisotopic (exact) mass is 331 g/mol. The maximum Gasteiger partial charge on any atom is 0.229 e. The van der Waals surface area contributed by atoms with Gasteiger partial charge in [-0.2, -0.15) is 0 Å². The number of carbonyl (C=O) groups is 1. The van der Waals surface area contributed by atoms with Gasteiger partial charge < -0.3 is 5.32 Å². The average Bonchev–Trinajstić information content (AvgIpc) is 2.96. The molecule has 0 spiro atoms. The van der Waals surface area contributed by atoms with E-state index in [4.69, 9.17) is 6.42 Å². The highest BCUT2D eigenvalue weighted by Gasteiger charge is 2.26. The standard InChI is InChI=1S/C18H25N3OS/c1-3-9-21-10-7-14(8-11-21)17(22)20-18-19-15-6-5-13(4-2)12-16(15)23-18/h1,13-14H,4-12H2,2H3,(H,19,20,22). The Morgan fingerprint density at radius 3 is 2.91 bits per heavy atom. The number of fused-ring (bicyclic) bond motifs is 1. The molecule has 4 nitrogen and oxygen atoms in total. The molecular weight excluding hydrogens is 306 g/mol. The largest absolute Gasteiger partial charge is 0.302 e. The Kier molecular flexibility index (Phi) is 5.34. The number of nitrogens with one attached hydrogen (secondary N) is 1. The molecule has 0 aromatic carbocycles. The lowest BCUT2D eigenvalue weighted by molar-refractivity contribution is -0.121. The van der Waals surface area contributed by atoms with E-state index >= 15 is 0 Å². The predicted molar refractivity (Wildman–Crippen MR) is 94.5 cm³/mol. The first kappa shape index (κ1) is 16.5. The van der Waals surface area contributed by atoms with Crippen molar-refractivity contribution in [2.24, 2.45) is 11.8 Å². The van der Waals surface area contributed by atoms with Gasteiger partial charge in [0.1, 0.15) is 0 Å². The fourth-order valence-electron chi connectivity index (χ4n) is 3.53. The molecule has 1 atom stereocenters. The second-order valence-electron chi connectivity index (χ2n) is 6.65. The van der Waals surface area contributed by atoms with Crippen LogP contribution in [0.15, 0.2) is 0 Å². The molecule has 23 heavy (non-hydrogen) atoms. The SMILES string of the molecule is C#CCN1CCC(C(=O)Nc2nc3c(s2)CC(CC)CC3)CC1. The quantitative estimate of drug-likeness (QED) is 0.863. The van der Waals surface area contributed by atoms with Gasteiger partial charge in [-0.3, -0.25) is 9.69 Å². The summed E-state index contributed by atoms with van der Waals surface area (Å²) >= 11 is 1.68. The molecule has 1 amide bonds. The fraction of sp³-hybridized carbons (Fsp3) is 0.667. The number of anilines is 1. The number of aromatic nitrogens is 1. The molecule has 1 N–H and O–H groups in total. The van der Waals surface area contributed by atoms with Gasteiger partial charge in [0.2, 0.25) is 5.91 Å². The van der Waals surface area contributed by atoms with Crippen LogP contribution >= 0.6 is 11.3 Å². The molecule has 0 saturated carbocycles. The Balaban J connectivity index is 1.55. The van der Waals surface area contributed by atoms with Crippen molar-refractivity contribution >= 4 is 22.4 Å². The van der Waals surface area contributed by atoms with Gasteiger partial charge in [-0.25, -0.2) is 4.98 Å². The lowest BCUT2D eigenvalue weighted by atomic mass is 9.89. The minimum absolute atomic E-state index is 0.0911. The first-order valence-electron chi connectivity index (χ1n) is 8.64. The number of hydrogen-bond donors (Lipinski definition) is 1. The van der Waals surface area contributed by atoms with Gasteiger partial charge in [0.05, 0.1) is 12.2 Å². The highest BCUT2D eigenvalue weighted by Crippen LogP contribution is 2.33. The van der Waals surface area contributed by atoms with E-state index in [9.17, 15) is 4.79 Å². The Morgan fingerprint density at radius 1 is 1.43 bits per heavy atom. The van der Waals surface area contributed by atoms with Crippen LogP contribution in [0.3, 0.4) is 0 Å². The van der Waals surface area contributed by atoms with E-state index in [1.165, 1.54) is 23.4 Å². The van der Waals surface area contributed by atoms with Gasteiger partial charge in [-0.05, 0) is 51.1 Å². The summed E-state index contributed by atoms with van der Waals surface area (Å²) in [6.45, 7) is 4.77. The summed E-state index contributed by atoms with van der Waals surface area (Å²) in [5.74, 6) is 3.68. The number of thiazole rings is 1. The first-order valence-corrected chi connectivity index (χ1v) is 9.46. The third kappa shape index (κ3) is 3.94. The van der Waals surface area contributed by atoms with E-state index in [0.717, 1.165) is 49.8 Å². The van der Waals surface area contributed by atoms with Gasteiger partial charge in [0.15, 0.2) is 5.13 Å². The smallest absolute Gasteiger partial charge is 0.229 e. The highest BCUT2D eigenvalue weighted by molar-refractivity contribution is 7.15. The van der Waals surface area contributed by atoms with E-state index in [-0.39, 0.29) is 11.8 Å². The van der Waals surface area contributed by atoms with Crippen LogP contribution in [0.4, 0.5) is 5.13 Å². The maximum absolute atomic E-state index is 12.5. The number of rotatable bonds is 4. The first-order chi connectivity index (χ1) is 11.2. The van der Waals surface area contributed by atoms with Crippen LogP contribution in [0, 0.1) is 24.2 Å². The van der Waals surface area contributed by atoms with E-state index in [2.05, 4.69) is 28.0 Å². The average molecular weight is 331 g/mol. The summed E-state index contributed by atoms with van der Waals surface area (Å²) < 4.78 is 0. The number of carbonyl (C=O) groups excluding carboxylic acids is 1. The highest BCUT2D eigenvalue weighted by atomic mass is 32.1. The normalized spacial score (nSPS) is 22.3. The van der Waals surface area contributed by atoms with Crippen molar-refractivity contribution < 1.29 is 4.79 Å². The Morgan fingerprint density at radius 2 is 2.22 bits per heavy atom. The second kappa shape index (κ2) is 7.46. The van der Waals surface area contributed by atoms with E-state index in [0.29, 0.717) is 6.54 Å². The van der Waals surface area contributed by atoms with Crippen molar-refractivity contribution in [3.63, 3.8) is 0 Å². The van der Waals surface area contributed by atoms with Crippen molar-refractivity contribution in [2.75, 3.05) is 25.0 Å². The summed E-state index contributed by atoms with van der Waals surface area (Å²) in [4.78, 5) is 20.7. The number of likely N-dealkylation sites (tertiary alicyclic amines) is 1. The van der Waals surface area contributed by atoms with Crippen LogP contribution in [0.1, 0.15) is 43.2 Å². The van der Waals surface area contributed by atoms with Crippen LogP contribution in [0.5, 0.6) is 0 Å². The summed E-state index contributed by atoms with van der Waals surface area (Å²) in [5.41, 5.74) is 1.21. The minimum Gasteiger partial charge on any atom is -0.302 e. The lowest BCUT2D eigenvalue weighted by Gasteiger charge is -2.29. The van der Waals surface area contributed by atoms with Gasteiger partial charge in [-0.1, -0.05) is 19.3 Å². The summed E-state index contributed by atoms with van der Waals surface area (Å²) in [7, 11) is 0. The molecular formula is C18H25N3OS. The van der Waals surface area contributed by atoms with Crippen molar-refractivity contribution in [2.45, 2.75) is 45.4 Å². The predicted octanol–water partition coefficient (Wildman–Crippen LogP) is 2.94. The summed E-state index contributed by atoms with van der Waals surface area (Å²) in [6.07, 6.45) is 11.8. The number of hydrogen-bond acceptors (Lipinski definition) is 4. The van der Waals surface area contributed by atoms with Gasteiger partial charge in [-0.15, -0.1) is 17.8 Å². The third-order valence-electron chi connectivity index (χ3n) is 5.12. The molecule has 0 radical (unpaired) electrons. The molecule has 2 aliphatic rings. The van der Waals surface area contributed by atoms with Crippen LogP contribution in [-0.2, 0) is 17.6 Å². The zero-order valence-corrected chi connectivity index (χ0v) is 14.6. The molecule has 3 rings (SSSR count). The lowest BCUT2D eigenvalue weighted by Crippen LogP contribution is -2.38. The molecule has 1 aromatic rings. The van der Waals surface area contributed by atoms with Crippen molar-refractivity contribution in [3.05, 3.63) is 10.6 Å². The van der Waals surface area contributed by atoms with Gasteiger partial charge in [0, 0.05) is 10.8 Å². The Hall–Kier alpha value is -1.38. The maximum atomic E-state index is 12.5. The molecule has 124 valence electrons. The fourth-order valence-corrected chi connectivity index (χ4v) is 4.66. The number of nitrogens with zero attached hydrogens (tertiary/aromatic N) is 2. The van der Waals surface area contributed by atoms with Gasteiger partial charge in [0.25, 0.3) is 0 Å². The molecule has 1 unspecified atom stereocenters. The zero-order chi connectivity index (χ0) is 16.2. The van der Waals surface area contributed by atoms with Crippen molar-refractivity contribution in [1.82, 2.24) is 9.88 Å². The molecule has 2 heterocycles. The third-order valence-corrected chi connectivity index (χ3v) is 6.16. The molecule has 1 fully saturated rings. The van der Waals surface area contributed by atoms with E-state index in [1.54, 1.807) is 11.3 Å². The van der Waals surface area contributed by atoms with Crippen LogP contribution < -0.4 is 5.32 Å². The van der Waals surface area contributed by atoms with Crippen molar-refractivity contribution in [3.8, 4) is 12.3 Å². The molecule has 1 aliphatic carbocycles. The summed E-state index contributed by atoms with van der Waals surface area (Å²) in [6, 6.07) is 0. The van der Waals surface area contributed by atoms with Crippen LogP contribution in [0.2, 0.25) is 0 Å². The zero-order valence-electron chi connectivity index (χ0n) is 13.8. The Labute approximate surface area is 142 Å². The Bertz CT molecular complexity index is 596. The molecule has 1 saturated heterocycles. The van der Waals surface area contributed by atoms with Crippen LogP contribution in [-0.4, -0.2) is 35.4 Å². The molecule has 5 heteroatoms. The van der Waals surface area contributed by atoms with Crippen LogP contribution in [0.25, 0.3) is 0 Å². The molecule has 0 bridgehead atoms. The van der Waals surface area contributed by atoms with Crippen molar-refractivity contribution in [1.29, 1.82) is 0 Å². The second-order valence-corrected chi connectivity index (χ2v) is 7.73. The number of aryl methyl sites for hydroxylation is 1. The van der Waals surface area contributed by atoms with Gasteiger partial charge >= 0.3 is 0 Å². The van der Waals surface area contributed by atoms with E-state index in [1.807, 2.05) is 0 Å². The summed E-state index contributed by atoms with van der Waals surface area (Å²) in [5, 5.41) is 3.85. The van der Waals surface area contributed by atoms with E-state index < -0.39 is 0 Å². The molecule has 1 aliphatic heterocycles. The number of amides is 1. The topological polar surface area (TPSA) is 45.2 Å². The number of terminal acetylenes is 1. The molecule has 1 aromatic heterocycles. The minimum atomic E-state index is 0.0911.